The summed E-state index contributed by atoms with van der Waals surface area (Å²) in [5.74, 6) is 0.101. The van der Waals surface area contributed by atoms with Gasteiger partial charge in [-0.3, -0.25) is 4.98 Å². The van der Waals surface area contributed by atoms with E-state index in [4.69, 9.17) is 9.47 Å². The molecule has 7 heteroatoms. The van der Waals surface area contributed by atoms with Crippen LogP contribution >= 0.6 is 0 Å². The van der Waals surface area contributed by atoms with Gasteiger partial charge in [0.1, 0.15) is 12.4 Å². The average Bonchev–Trinajstić information content (AvgIpc) is 2.17. The van der Waals surface area contributed by atoms with Crippen molar-refractivity contribution in [2.45, 2.75) is 0 Å². The minimum absolute atomic E-state index is 0.101. The largest absolute Gasteiger partial charge is 0.511 e. The summed E-state index contributed by atoms with van der Waals surface area (Å²) in [6, 6.07) is 0.933. The van der Waals surface area contributed by atoms with Crippen LogP contribution in [0.5, 0.6) is 5.75 Å². The maximum absolute atomic E-state index is 12.3. The van der Waals surface area contributed by atoms with Crippen molar-refractivity contribution in [3.05, 3.63) is 18.5 Å². The molecule has 0 aliphatic carbocycles. The number of aromatic nitrogens is 1. The Balaban J connectivity index is 2.66. The maximum atomic E-state index is 12.3. The Morgan fingerprint density at radius 1 is 1.27 bits per heavy atom. The molecule has 0 unspecified atom stereocenters. The lowest BCUT2D eigenvalue weighted by atomic mass is 9.81. The highest BCUT2D eigenvalue weighted by atomic mass is 19.4. The molecule has 1 aromatic heterocycles. The van der Waals surface area contributed by atoms with Gasteiger partial charge in [0.05, 0.1) is 12.8 Å². The number of hydrogen-bond acceptors (Lipinski definition) is 3. The highest BCUT2D eigenvalue weighted by molar-refractivity contribution is 6.73. The van der Waals surface area contributed by atoms with E-state index in [0.29, 0.717) is 6.61 Å². The molecular formula is C8H10BF3NO2-. The van der Waals surface area contributed by atoms with Crippen LogP contribution in [0.3, 0.4) is 0 Å². The molecule has 0 spiro atoms. The third kappa shape index (κ3) is 3.79. The predicted molar refractivity (Wildman–Crippen MR) is 50.3 cm³/mol. The Morgan fingerprint density at radius 2 is 2.00 bits per heavy atom. The molecule has 0 amide bonds. The highest BCUT2D eigenvalue weighted by Gasteiger charge is 2.26. The summed E-state index contributed by atoms with van der Waals surface area (Å²) < 4.78 is 46.6. The molecule has 0 atom stereocenters. The number of hydrogen-bond donors (Lipinski definition) is 0. The van der Waals surface area contributed by atoms with Crippen molar-refractivity contribution in [3.63, 3.8) is 0 Å². The van der Waals surface area contributed by atoms with E-state index in [1.54, 1.807) is 0 Å². The first-order valence-corrected chi connectivity index (χ1v) is 4.30. The molecule has 0 bridgehead atoms. The number of pyridine rings is 1. The average molecular weight is 220 g/mol. The summed E-state index contributed by atoms with van der Waals surface area (Å²) in [7, 11) is 1.48. The zero-order chi connectivity index (χ0) is 11.3. The van der Waals surface area contributed by atoms with Crippen LogP contribution < -0.4 is 10.2 Å². The molecule has 3 nitrogen and oxygen atoms in total. The van der Waals surface area contributed by atoms with Gasteiger partial charge < -0.3 is 22.4 Å². The fourth-order valence-electron chi connectivity index (χ4n) is 0.936. The number of ether oxygens (including phenoxy) is 2. The van der Waals surface area contributed by atoms with E-state index in [1.165, 1.54) is 13.3 Å². The van der Waals surface area contributed by atoms with Gasteiger partial charge in [-0.25, -0.2) is 0 Å². The lowest BCUT2D eigenvalue weighted by Gasteiger charge is -2.15. The van der Waals surface area contributed by atoms with E-state index in [0.717, 1.165) is 12.3 Å². The third-order valence-corrected chi connectivity index (χ3v) is 1.67. The molecule has 1 heterocycles. The Labute approximate surface area is 85.3 Å². The van der Waals surface area contributed by atoms with Crippen LogP contribution in [-0.2, 0) is 4.74 Å². The first-order valence-electron chi connectivity index (χ1n) is 4.30. The lowest BCUT2D eigenvalue weighted by molar-refractivity contribution is 0.146. The monoisotopic (exact) mass is 220 g/mol. The van der Waals surface area contributed by atoms with Gasteiger partial charge in [0, 0.05) is 13.3 Å². The van der Waals surface area contributed by atoms with Gasteiger partial charge in [0.2, 0.25) is 0 Å². The number of rotatable bonds is 5. The predicted octanol–water partition coefficient (Wildman–Crippen LogP) is 1.16. The first kappa shape index (κ1) is 11.8. The quantitative estimate of drug-likeness (QED) is 0.551. The molecule has 0 aliphatic rings. The summed E-state index contributed by atoms with van der Waals surface area (Å²) >= 11 is 0. The Kier molecular flexibility index (Phi) is 3.96. The van der Waals surface area contributed by atoms with E-state index in [2.05, 4.69) is 4.98 Å². The molecule has 15 heavy (non-hydrogen) atoms. The molecule has 0 aromatic carbocycles. The van der Waals surface area contributed by atoms with E-state index in [9.17, 15) is 12.9 Å². The maximum Gasteiger partial charge on any atom is 0.511 e. The number of methoxy groups -OCH3 is 1. The Bertz CT molecular complexity index is 319. The van der Waals surface area contributed by atoms with E-state index < -0.39 is 12.4 Å². The van der Waals surface area contributed by atoms with Crippen molar-refractivity contribution >= 4 is 12.4 Å². The van der Waals surface area contributed by atoms with Crippen LogP contribution in [-0.4, -0.2) is 32.3 Å². The van der Waals surface area contributed by atoms with Crippen LogP contribution in [0.2, 0.25) is 0 Å². The molecule has 1 rings (SSSR count). The van der Waals surface area contributed by atoms with Crippen LogP contribution in [0.4, 0.5) is 12.9 Å². The Hall–Kier alpha value is -1.24. The van der Waals surface area contributed by atoms with Gasteiger partial charge in [-0.05, 0) is 6.07 Å². The van der Waals surface area contributed by atoms with E-state index in [1.807, 2.05) is 0 Å². The van der Waals surface area contributed by atoms with Crippen LogP contribution in [0.15, 0.2) is 18.5 Å². The second kappa shape index (κ2) is 5.02. The van der Waals surface area contributed by atoms with Gasteiger partial charge in [-0.15, -0.1) is 0 Å². The second-order valence-electron chi connectivity index (χ2n) is 2.87. The van der Waals surface area contributed by atoms with Gasteiger partial charge >= 0.3 is 6.98 Å². The molecule has 0 N–H and O–H groups in total. The third-order valence-electron chi connectivity index (χ3n) is 1.67. The van der Waals surface area contributed by atoms with Crippen molar-refractivity contribution in [3.8, 4) is 5.75 Å². The molecule has 0 saturated heterocycles. The molecular weight excluding hydrogens is 210 g/mol. The van der Waals surface area contributed by atoms with E-state index in [-0.39, 0.29) is 12.4 Å². The summed E-state index contributed by atoms with van der Waals surface area (Å²) in [6.07, 6.45) is 2.02. The van der Waals surface area contributed by atoms with Gasteiger partial charge in [-0.1, -0.05) is 5.46 Å². The summed E-state index contributed by atoms with van der Waals surface area (Å²) in [4.78, 5) is 3.46. The summed E-state index contributed by atoms with van der Waals surface area (Å²) in [6.45, 7) is -4.50. The lowest BCUT2D eigenvalue weighted by Crippen LogP contribution is -2.34. The Morgan fingerprint density at radius 3 is 2.60 bits per heavy atom. The smallest absolute Gasteiger partial charge is 0.490 e. The minimum atomic E-state index is -5.02. The molecule has 0 aliphatic heterocycles. The van der Waals surface area contributed by atoms with Gasteiger partial charge in [0.15, 0.2) is 0 Å². The van der Waals surface area contributed by atoms with Gasteiger partial charge in [-0.2, -0.15) is 0 Å². The topological polar surface area (TPSA) is 31.4 Å². The first-order chi connectivity index (χ1) is 7.04. The highest BCUT2D eigenvalue weighted by Crippen LogP contribution is 2.12. The fraction of sp³-hybridized carbons (Fsp3) is 0.375. The van der Waals surface area contributed by atoms with Crippen LogP contribution in [0, 0.1) is 0 Å². The fourth-order valence-corrected chi connectivity index (χ4v) is 0.936. The van der Waals surface area contributed by atoms with Crippen LogP contribution in [0.1, 0.15) is 0 Å². The van der Waals surface area contributed by atoms with Crippen molar-refractivity contribution in [1.29, 1.82) is 0 Å². The summed E-state index contributed by atoms with van der Waals surface area (Å²) in [5.41, 5.74) is -0.759. The molecule has 1 aromatic rings. The number of nitrogens with zero attached hydrogens (tertiary/aromatic N) is 1. The molecule has 0 saturated carbocycles. The summed E-state index contributed by atoms with van der Waals surface area (Å²) in [5, 5.41) is 0. The van der Waals surface area contributed by atoms with E-state index >= 15 is 0 Å². The van der Waals surface area contributed by atoms with Crippen molar-refractivity contribution in [1.82, 2.24) is 4.98 Å². The molecule has 0 fully saturated rings. The second-order valence-corrected chi connectivity index (χ2v) is 2.87. The number of halogens is 3. The zero-order valence-electron chi connectivity index (χ0n) is 8.12. The van der Waals surface area contributed by atoms with Crippen LogP contribution in [0.25, 0.3) is 0 Å². The van der Waals surface area contributed by atoms with Crippen molar-refractivity contribution < 1.29 is 22.4 Å². The normalized spacial score (nSPS) is 11.5. The molecule has 84 valence electrons. The van der Waals surface area contributed by atoms with Crippen molar-refractivity contribution in [2.75, 3.05) is 20.3 Å². The molecule has 0 radical (unpaired) electrons. The SMILES string of the molecule is COCCOc1cncc([B-](F)(F)F)c1. The van der Waals surface area contributed by atoms with Gasteiger partial charge in [0.25, 0.3) is 0 Å². The van der Waals surface area contributed by atoms with Crippen molar-refractivity contribution in [2.24, 2.45) is 0 Å². The minimum Gasteiger partial charge on any atom is -0.490 e. The zero-order valence-corrected chi connectivity index (χ0v) is 8.12. The standard InChI is InChI=1S/C8H10BF3NO2/c1-14-2-3-15-8-4-7(5-13-6-8)9(10,11)12/h4-6H,2-3H2,1H3/q-1.